The Morgan fingerprint density at radius 2 is 1.89 bits per heavy atom. The second-order valence-corrected chi connectivity index (χ2v) is 8.63. The molecule has 2 aliphatic heterocycles. The maximum absolute atomic E-state index is 15.0. The summed E-state index contributed by atoms with van der Waals surface area (Å²) in [5.41, 5.74) is -1.13. The Hall–Kier alpha value is -3.61. The highest BCUT2D eigenvalue weighted by molar-refractivity contribution is 6.25. The molecule has 13 heteroatoms. The first-order chi connectivity index (χ1) is 17.5. The van der Waals surface area contributed by atoms with Crippen molar-refractivity contribution in [3.8, 4) is 0 Å². The smallest absolute Gasteiger partial charge is 0.393 e. The summed E-state index contributed by atoms with van der Waals surface area (Å²) < 4.78 is 59.7. The van der Waals surface area contributed by atoms with Crippen LogP contribution < -0.4 is 21.3 Å². The summed E-state index contributed by atoms with van der Waals surface area (Å²) in [6, 6.07) is 3.19. The van der Waals surface area contributed by atoms with Gasteiger partial charge in [-0.25, -0.2) is 9.18 Å². The summed E-state index contributed by atoms with van der Waals surface area (Å²) in [7, 11) is 2.89. The number of ether oxygens (including phenoxy) is 1. The second-order valence-electron chi connectivity index (χ2n) is 8.63. The van der Waals surface area contributed by atoms with Crippen LogP contribution in [0.15, 0.2) is 35.7 Å². The number of amides is 2. The fourth-order valence-corrected chi connectivity index (χ4v) is 4.16. The number of hydrogen-bond acceptors (Lipinski definition) is 6. The van der Waals surface area contributed by atoms with Crippen molar-refractivity contribution in [3.05, 3.63) is 47.0 Å². The van der Waals surface area contributed by atoms with E-state index < -0.39 is 23.3 Å². The van der Waals surface area contributed by atoms with Gasteiger partial charge in [-0.2, -0.15) is 13.2 Å². The minimum Gasteiger partial charge on any atom is -0.393 e. The average Bonchev–Trinajstić information content (AvgIpc) is 2.87. The van der Waals surface area contributed by atoms with Gasteiger partial charge in [0.1, 0.15) is 17.4 Å². The molecule has 0 aliphatic carbocycles. The number of alkyl halides is 3. The predicted molar refractivity (Wildman–Crippen MR) is 133 cm³/mol. The van der Waals surface area contributed by atoms with Crippen molar-refractivity contribution in [2.75, 3.05) is 45.7 Å². The second kappa shape index (κ2) is 12.1. The molecule has 3 rings (SSSR count). The molecule has 2 amide bonds. The van der Waals surface area contributed by atoms with Crippen LogP contribution in [-0.2, 0) is 4.74 Å². The number of halogens is 4. The van der Waals surface area contributed by atoms with Crippen molar-refractivity contribution < 1.29 is 27.1 Å². The van der Waals surface area contributed by atoms with Crippen LogP contribution in [0.3, 0.4) is 0 Å². The van der Waals surface area contributed by atoms with E-state index >= 15 is 0 Å². The molecule has 1 saturated heterocycles. The highest BCUT2D eigenvalue weighted by atomic mass is 19.4. The molecule has 0 aromatic heterocycles. The number of nitrogens with zero attached hydrogens (tertiary/aromatic N) is 1. The maximum atomic E-state index is 15.0. The van der Waals surface area contributed by atoms with Crippen molar-refractivity contribution in [1.82, 2.24) is 20.9 Å². The zero-order chi connectivity index (χ0) is 27.2. The van der Waals surface area contributed by atoms with E-state index in [1.165, 1.54) is 31.1 Å². The Balaban J connectivity index is 1.85. The number of anilines is 1. The molecule has 0 atom stereocenters. The van der Waals surface area contributed by atoms with Crippen LogP contribution in [0.1, 0.15) is 24.8 Å². The highest BCUT2D eigenvalue weighted by Gasteiger charge is 2.37. The SMILES string of the molecule is CN/C=C(\C(=N)C(F)(F)F)c1ccc(NC(=N)C2=C(NC3CCOCC3)CCN(C(=O)NC)C2)c(F)c1. The molecule has 2 heterocycles. The van der Waals surface area contributed by atoms with Gasteiger partial charge in [0.05, 0.1) is 12.2 Å². The van der Waals surface area contributed by atoms with Gasteiger partial charge in [0.15, 0.2) is 0 Å². The minimum absolute atomic E-state index is 0.119. The molecule has 6 N–H and O–H groups in total. The molecule has 9 nitrogen and oxygen atoms in total. The lowest BCUT2D eigenvalue weighted by atomic mass is 10.00. The third-order valence-electron chi connectivity index (χ3n) is 6.13. The molecule has 2 aliphatic rings. The number of hydrogen-bond donors (Lipinski definition) is 6. The van der Waals surface area contributed by atoms with Gasteiger partial charge in [0, 0.05) is 69.4 Å². The number of carbonyl (C=O) groups excluding carboxylic acids is 1. The molecule has 1 fully saturated rings. The van der Waals surface area contributed by atoms with Crippen LogP contribution >= 0.6 is 0 Å². The number of nitrogens with one attached hydrogen (secondary N) is 6. The van der Waals surface area contributed by atoms with Crippen LogP contribution in [0.5, 0.6) is 0 Å². The van der Waals surface area contributed by atoms with Gasteiger partial charge >= 0.3 is 12.2 Å². The summed E-state index contributed by atoms with van der Waals surface area (Å²) in [5, 5.41) is 27.3. The van der Waals surface area contributed by atoms with E-state index in [2.05, 4.69) is 21.3 Å². The van der Waals surface area contributed by atoms with Gasteiger partial charge in [0.25, 0.3) is 0 Å². The van der Waals surface area contributed by atoms with Crippen molar-refractivity contribution in [2.24, 2.45) is 0 Å². The van der Waals surface area contributed by atoms with E-state index in [1.807, 2.05) is 0 Å². The first-order valence-corrected chi connectivity index (χ1v) is 11.8. The average molecular weight is 526 g/mol. The Labute approximate surface area is 212 Å². The Morgan fingerprint density at radius 3 is 2.49 bits per heavy atom. The van der Waals surface area contributed by atoms with Crippen molar-refractivity contribution >= 4 is 28.8 Å². The van der Waals surface area contributed by atoms with Crippen LogP contribution in [0.25, 0.3) is 5.57 Å². The monoisotopic (exact) mass is 525 g/mol. The molecule has 0 radical (unpaired) electrons. The van der Waals surface area contributed by atoms with Crippen molar-refractivity contribution in [3.63, 3.8) is 0 Å². The van der Waals surface area contributed by atoms with E-state index in [0.717, 1.165) is 30.8 Å². The largest absolute Gasteiger partial charge is 0.433 e. The third-order valence-corrected chi connectivity index (χ3v) is 6.13. The molecule has 0 unspecified atom stereocenters. The zero-order valence-electron chi connectivity index (χ0n) is 20.6. The maximum Gasteiger partial charge on any atom is 0.433 e. The number of amidine groups is 1. The minimum atomic E-state index is -4.91. The lowest BCUT2D eigenvalue weighted by Gasteiger charge is -2.34. The third kappa shape index (κ3) is 7.00. The Bertz CT molecular complexity index is 1100. The molecular weight excluding hydrogens is 494 g/mol. The fourth-order valence-electron chi connectivity index (χ4n) is 4.16. The Kier molecular flexibility index (Phi) is 9.14. The number of carbonyl (C=O) groups is 1. The van der Waals surface area contributed by atoms with Gasteiger partial charge < -0.3 is 30.9 Å². The van der Waals surface area contributed by atoms with Crippen LogP contribution in [0.2, 0.25) is 0 Å². The number of allylic oxidation sites excluding steroid dienone is 1. The number of benzene rings is 1. The van der Waals surface area contributed by atoms with E-state index in [0.29, 0.717) is 31.8 Å². The standard InChI is InChI=1S/C24H31F4N7O2/c1-31-12-16(21(29)24(26,27)28)14-3-4-20(18(25)11-14)34-22(30)17-13-35(23(36)32-2)8-5-19(17)33-15-6-9-37-10-7-15/h3-4,11-12,15,29,31,33H,5-10,13H2,1-2H3,(H2,30,34)(H,32,36)/b16-12-,29-21?. The van der Waals surface area contributed by atoms with Gasteiger partial charge in [-0.3, -0.25) is 10.8 Å². The zero-order valence-corrected chi connectivity index (χ0v) is 20.6. The molecule has 1 aromatic rings. The van der Waals surface area contributed by atoms with E-state index in [4.69, 9.17) is 15.6 Å². The van der Waals surface area contributed by atoms with Gasteiger partial charge in [-0.05, 0) is 30.5 Å². The highest BCUT2D eigenvalue weighted by Crippen LogP contribution is 2.29. The number of urea groups is 1. The number of rotatable bonds is 7. The van der Waals surface area contributed by atoms with E-state index in [1.54, 1.807) is 0 Å². The quantitative estimate of drug-likeness (QED) is 0.185. The summed E-state index contributed by atoms with van der Waals surface area (Å²) >= 11 is 0. The molecule has 0 spiro atoms. The normalized spacial score (nSPS) is 17.4. The molecule has 1 aromatic carbocycles. The molecule has 202 valence electrons. The summed E-state index contributed by atoms with van der Waals surface area (Å²) in [4.78, 5) is 13.8. The molecule has 0 saturated carbocycles. The van der Waals surface area contributed by atoms with Crippen LogP contribution in [0, 0.1) is 16.6 Å². The van der Waals surface area contributed by atoms with Crippen LogP contribution in [-0.4, -0.2) is 75.1 Å². The summed E-state index contributed by atoms with van der Waals surface area (Å²) in [6.45, 7) is 1.80. The van der Waals surface area contributed by atoms with Gasteiger partial charge in [-0.1, -0.05) is 6.07 Å². The summed E-state index contributed by atoms with van der Waals surface area (Å²) in [6.07, 6.45) is -1.86. The van der Waals surface area contributed by atoms with Crippen molar-refractivity contribution in [1.29, 1.82) is 10.8 Å². The lowest BCUT2D eigenvalue weighted by Crippen LogP contribution is -2.47. The first kappa shape index (κ1) is 28.0. The predicted octanol–water partition coefficient (Wildman–Crippen LogP) is 3.43. The fraction of sp³-hybridized carbons (Fsp3) is 0.458. The van der Waals surface area contributed by atoms with Gasteiger partial charge in [-0.15, -0.1) is 0 Å². The van der Waals surface area contributed by atoms with E-state index in [9.17, 15) is 22.4 Å². The summed E-state index contributed by atoms with van der Waals surface area (Å²) in [5.74, 6) is -1.03. The topological polar surface area (TPSA) is 125 Å². The van der Waals surface area contributed by atoms with E-state index in [-0.39, 0.29) is 35.7 Å². The van der Waals surface area contributed by atoms with Crippen molar-refractivity contribution in [2.45, 2.75) is 31.5 Å². The lowest BCUT2D eigenvalue weighted by molar-refractivity contribution is -0.0578. The first-order valence-electron chi connectivity index (χ1n) is 11.8. The Morgan fingerprint density at radius 1 is 1.19 bits per heavy atom. The molecule has 37 heavy (non-hydrogen) atoms. The molecule has 0 bridgehead atoms. The molecular formula is C24H31F4N7O2. The van der Waals surface area contributed by atoms with Crippen LogP contribution in [0.4, 0.5) is 28.0 Å². The van der Waals surface area contributed by atoms with Gasteiger partial charge in [0.2, 0.25) is 0 Å².